The van der Waals surface area contributed by atoms with Crippen LogP contribution in [0, 0.1) is 0 Å². The number of amides is 4. The van der Waals surface area contributed by atoms with Crippen LogP contribution in [0.2, 0.25) is 0 Å². The Morgan fingerprint density at radius 3 is 2.40 bits per heavy atom. The topological polar surface area (TPSA) is 69.7 Å². The normalized spacial score (nSPS) is 13.2. The first kappa shape index (κ1) is 19.4. The summed E-state index contributed by atoms with van der Waals surface area (Å²) in [5.41, 5.74) is 0.870. The van der Waals surface area contributed by atoms with Crippen LogP contribution >= 0.6 is 15.9 Å². The van der Waals surface area contributed by atoms with Crippen LogP contribution in [0.5, 0.6) is 0 Å². The molecule has 0 saturated carbocycles. The van der Waals surface area contributed by atoms with Crippen LogP contribution in [0.3, 0.4) is 0 Å². The summed E-state index contributed by atoms with van der Waals surface area (Å²) in [6.45, 7) is 6.26. The summed E-state index contributed by atoms with van der Waals surface area (Å²) < 4.78 is 0.772. The van der Waals surface area contributed by atoms with Gasteiger partial charge in [0.2, 0.25) is 0 Å². The molecule has 1 aromatic rings. The van der Waals surface area contributed by atoms with Crippen molar-refractivity contribution >= 4 is 33.8 Å². The van der Waals surface area contributed by atoms with Gasteiger partial charge in [0.1, 0.15) is 0 Å². The van der Waals surface area contributed by atoms with E-state index in [1.165, 1.54) is 4.90 Å². The molecule has 0 aliphatic carbocycles. The van der Waals surface area contributed by atoms with E-state index in [0.29, 0.717) is 30.6 Å². The molecule has 136 valence electrons. The zero-order chi connectivity index (χ0) is 18.4. The third-order valence-corrected chi connectivity index (χ3v) is 4.53. The molecule has 2 rings (SSSR count). The maximum absolute atomic E-state index is 12.4. The minimum absolute atomic E-state index is 0.0880. The standard InChI is InChI=1S/C18H24BrN3O3/c1-3-9-21(10-4-2)18(25)20-8-5-11-22-16(23)14-7-6-13(19)12-15(14)17(22)24/h6-7,12H,3-5,8-11H2,1-2H3,(H,20,25). The number of carbonyl (C=O) groups is 3. The smallest absolute Gasteiger partial charge is 0.317 e. The Morgan fingerprint density at radius 2 is 1.76 bits per heavy atom. The highest BCUT2D eigenvalue weighted by atomic mass is 79.9. The van der Waals surface area contributed by atoms with Gasteiger partial charge in [-0.05, 0) is 37.5 Å². The summed E-state index contributed by atoms with van der Waals surface area (Å²) in [5.74, 6) is -0.538. The molecule has 0 aromatic heterocycles. The van der Waals surface area contributed by atoms with Crippen molar-refractivity contribution < 1.29 is 14.4 Å². The molecule has 7 heteroatoms. The maximum atomic E-state index is 12.4. The number of nitrogens with one attached hydrogen (secondary N) is 1. The average Bonchev–Trinajstić information content (AvgIpc) is 2.82. The molecule has 1 aliphatic rings. The highest BCUT2D eigenvalue weighted by Gasteiger charge is 2.34. The zero-order valence-corrected chi connectivity index (χ0v) is 16.3. The van der Waals surface area contributed by atoms with E-state index < -0.39 is 0 Å². The molecule has 0 fully saturated rings. The van der Waals surface area contributed by atoms with E-state index in [2.05, 4.69) is 21.2 Å². The van der Waals surface area contributed by atoms with E-state index in [9.17, 15) is 14.4 Å². The molecule has 1 heterocycles. The second-order valence-corrected chi connectivity index (χ2v) is 6.94. The second kappa shape index (κ2) is 8.99. The number of urea groups is 1. The average molecular weight is 410 g/mol. The predicted molar refractivity (Wildman–Crippen MR) is 99.7 cm³/mol. The lowest BCUT2D eigenvalue weighted by Crippen LogP contribution is -2.42. The Bertz CT molecular complexity index is 657. The number of hydrogen-bond acceptors (Lipinski definition) is 3. The van der Waals surface area contributed by atoms with Gasteiger partial charge in [0.05, 0.1) is 11.1 Å². The molecule has 0 saturated heterocycles. The Labute approximate surface area is 156 Å². The van der Waals surface area contributed by atoms with Crippen LogP contribution < -0.4 is 5.32 Å². The van der Waals surface area contributed by atoms with Crippen LogP contribution in [0.1, 0.15) is 53.8 Å². The van der Waals surface area contributed by atoms with E-state index in [1.807, 2.05) is 13.8 Å². The summed E-state index contributed by atoms with van der Waals surface area (Å²) in [4.78, 5) is 39.8. The first-order chi connectivity index (χ1) is 12.0. The lowest BCUT2D eigenvalue weighted by Gasteiger charge is -2.22. The highest BCUT2D eigenvalue weighted by molar-refractivity contribution is 9.10. The maximum Gasteiger partial charge on any atom is 0.317 e. The van der Waals surface area contributed by atoms with Crippen LogP contribution in [0.15, 0.2) is 22.7 Å². The number of hydrogen-bond donors (Lipinski definition) is 1. The Balaban J connectivity index is 1.84. The summed E-state index contributed by atoms with van der Waals surface area (Å²) in [6, 6.07) is 5.00. The largest absolute Gasteiger partial charge is 0.338 e. The SMILES string of the molecule is CCCN(CCC)C(=O)NCCCN1C(=O)c2ccc(Br)cc2C1=O. The predicted octanol–water partition coefficient (Wildman–Crippen LogP) is 3.27. The molecule has 0 spiro atoms. The quantitative estimate of drug-likeness (QED) is 0.528. The fourth-order valence-corrected chi connectivity index (χ4v) is 3.23. The third kappa shape index (κ3) is 4.60. The molecule has 1 aromatic carbocycles. The van der Waals surface area contributed by atoms with E-state index in [-0.39, 0.29) is 17.8 Å². The van der Waals surface area contributed by atoms with Gasteiger partial charge in [0.15, 0.2) is 0 Å². The third-order valence-electron chi connectivity index (χ3n) is 4.04. The molecule has 0 bridgehead atoms. The van der Waals surface area contributed by atoms with E-state index in [1.54, 1.807) is 23.1 Å². The van der Waals surface area contributed by atoms with Crippen molar-refractivity contribution in [2.24, 2.45) is 0 Å². The Kier molecular flexibility index (Phi) is 6.99. The van der Waals surface area contributed by atoms with Crippen LogP contribution in [-0.4, -0.2) is 53.8 Å². The van der Waals surface area contributed by atoms with Crippen molar-refractivity contribution in [3.8, 4) is 0 Å². The summed E-state index contributed by atoms with van der Waals surface area (Å²) in [5, 5.41) is 2.87. The minimum Gasteiger partial charge on any atom is -0.338 e. The number of halogens is 1. The highest BCUT2D eigenvalue weighted by Crippen LogP contribution is 2.25. The molecule has 1 aliphatic heterocycles. The van der Waals surface area contributed by atoms with Crippen molar-refractivity contribution in [1.29, 1.82) is 0 Å². The molecular weight excluding hydrogens is 386 g/mol. The van der Waals surface area contributed by atoms with Gasteiger partial charge < -0.3 is 10.2 Å². The molecular formula is C18H24BrN3O3. The fraction of sp³-hybridized carbons (Fsp3) is 0.500. The second-order valence-electron chi connectivity index (χ2n) is 6.02. The molecule has 0 unspecified atom stereocenters. The Morgan fingerprint density at radius 1 is 1.12 bits per heavy atom. The molecule has 0 atom stereocenters. The van der Waals surface area contributed by atoms with Crippen LogP contribution in [-0.2, 0) is 0 Å². The molecule has 25 heavy (non-hydrogen) atoms. The van der Waals surface area contributed by atoms with Gasteiger partial charge in [0.25, 0.3) is 11.8 Å². The van der Waals surface area contributed by atoms with E-state index in [4.69, 9.17) is 0 Å². The monoisotopic (exact) mass is 409 g/mol. The molecule has 1 N–H and O–H groups in total. The molecule has 0 radical (unpaired) electrons. The number of fused-ring (bicyclic) bond motifs is 1. The number of imide groups is 1. The van der Waals surface area contributed by atoms with Gasteiger partial charge in [-0.2, -0.15) is 0 Å². The van der Waals surface area contributed by atoms with E-state index >= 15 is 0 Å². The Hall–Kier alpha value is -1.89. The van der Waals surface area contributed by atoms with Gasteiger partial charge >= 0.3 is 6.03 Å². The number of rotatable bonds is 8. The lowest BCUT2D eigenvalue weighted by atomic mass is 10.1. The number of carbonyl (C=O) groups excluding carboxylic acids is 3. The first-order valence-electron chi connectivity index (χ1n) is 8.68. The first-order valence-corrected chi connectivity index (χ1v) is 9.47. The van der Waals surface area contributed by atoms with E-state index in [0.717, 1.165) is 30.4 Å². The summed E-state index contributed by atoms with van der Waals surface area (Å²) in [6.07, 6.45) is 2.36. The van der Waals surface area contributed by atoms with Gasteiger partial charge in [-0.1, -0.05) is 29.8 Å². The molecule has 6 nitrogen and oxygen atoms in total. The zero-order valence-electron chi connectivity index (χ0n) is 14.7. The number of benzene rings is 1. The van der Waals surface area contributed by atoms with Gasteiger partial charge in [-0.3, -0.25) is 14.5 Å². The van der Waals surface area contributed by atoms with Gasteiger partial charge in [-0.15, -0.1) is 0 Å². The lowest BCUT2D eigenvalue weighted by molar-refractivity contribution is 0.0653. The van der Waals surface area contributed by atoms with Crippen molar-refractivity contribution in [3.05, 3.63) is 33.8 Å². The van der Waals surface area contributed by atoms with Gasteiger partial charge in [-0.25, -0.2) is 4.79 Å². The fourth-order valence-electron chi connectivity index (χ4n) is 2.87. The van der Waals surface area contributed by atoms with Crippen molar-refractivity contribution in [2.75, 3.05) is 26.2 Å². The minimum atomic E-state index is -0.272. The van der Waals surface area contributed by atoms with Crippen molar-refractivity contribution in [3.63, 3.8) is 0 Å². The van der Waals surface area contributed by atoms with Crippen molar-refractivity contribution in [1.82, 2.24) is 15.1 Å². The summed E-state index contributed by atoms with van der Waals surface area (Å²) in [7, 11) is 0. The molecule has 4 amide bonds. The van der Waals surface area contributed by atoms with Crippen LogP contribution in [0.4, 0.5) is 4.79 Å². The number of nitrogens with zero attached hydrogens (tertiary/aromatic N) is 2. The van der Waals surface area contributed by atoms with Gasteiger partial charge in [0, 0.05) is 30.7 Å². The van der Waals surface area contributed by atoms with Crippen LogP contribution in [0.25, 0.3) is 0 Å². The van der Waals surface area contributed by atoms with Crippen molar-refractivity contribution in [2.45, 2.75) is 33.1 Å². The summed E-state index contributed by atoms with van der Waals surface area (Å²) >= 11 is 3.32.